The largest absolute Gasteiger partial charge is 0.328 e. The summed E-state index contributed by atoms with van der Waals surface area (Å²) in [5.74, 6) is -0.355. The highest BCUT2D eigenvalue weighted by Crippen LogP contribution is 2.24. The van der Waals surface area contributed by atoms with E-state index in [0.717, 1.165) is 0 Å². The lowest BCUT2D eigenvalue weighted by Gasteiger charge is -2.11. The lowest BCUT2D eigenvalue weighted by Crippen LogP contribution is -2.31. The Kier molecular flexibility index (Phi) is 6.53. The van der Waals surface area contributed by atoms with Crippen molar-refractivity contribution in [2.45, 2.75) is 17.9 Å². The number of halogens is 1. The van der Waals surface area contributed by atoms with Crippen LogP contribution >= 0.6 is 11.6 Å². The van der Waals surface area contributed by atoms with Crippen molar-refractivity contribution in [1.82, 2.24) is 9.55 Å². The minimum absolute atomic E-state index is 0.0170. The Bertz CT molecular complexity index is 1590. The van der Waals surface area contributed by atoms with Crippen molar-refractivity contribution in [2.24, 2.45) is 0 Å². The smallest absolute Gasteiger partial charge is 0.326 e. The molecule has 1 aromatic heterocycles. The predicted molar refractivity (Wildman–Crippen MR) is 131 cm³/mol. The summed E-state index contributed by atoms with van der Waals surface area (Å²) in [5, 5.41) is 3.16. The van der Waals surface area contributed by atoms with Gasteiger partial charge in [0.25, 0.3) is 15.6 Å². The van der Waals surface area contributed by atoms with Gasteiger partial charge in [0.05, 0.1) is 15.9 Å². The van der Waals surface area contributed by atoms with Crippen molar-refractivity contribution in [1.29, 1.82) is 0 Å². The second-order valence-corrected chi connectivity index (χ2v) is 9.40. The molecule has 3 aromatic carbocycles. The summed E-state index contributed by atoms with van der Waals surface area (Å²) >= 11 is 5.98. The summed E-state index contributed by atoms with van der Waals surface area (Å²) in [6.07, 6.45) is -0.0170. The highest BCUT2D eigenvalue weighted by molar-refractivity contribution is 7.92. The Labute approximate surface area is 199 Å². The predicted octanol–water partition coefficient (Wildman–Crippen LogP) is 3.17. The van der Waals surface area contributed by atoms with Gasteiger partial charge < -0.3 is 5.32 Å². The Hall–Kier alpha value is -3.89. The molecule has 0 bridgehead atoms. The summed E-state index contributed by atoms with van der Waals surface area (Å²) in [7, 11) is -3.87. The molecule has 3 N–H and O–H groups in total. The quantitative estimate of drug-likeness (QED) is 0.360. The molecule has 9 nitrogen and oxygen atoms in total. The number of hydrogen-bond acceptors (Lipinski definition) is 5. The minimum atomic E-state index is -3.87. The van der Waals surface area contributed by atoms with E-state index in [1.54, 1.807) is 48.5 Å². The Morgan fingerprint density at radius 3 is 2.29 bits per heavy atom. The maximum absolute atomic E-state index is 12.5. The second kappa shape index (κ2) is 9.54. The molecular weight excluding hydrogens is 480 g/mol. The van der Waals surface area contributed by atoms with Gasteiger partial charge in [-0.05, 0) is 48.5 Å². The van der Waals surface area contributed by atoms with E-state index in [9.17, 15) is 22.8 Å². The van der Waals surface area contributed by atoms with Gasteiger partial charge in [0.1, 0.15) is 4.90 Å². The van der Waals surface area contributed by atoms with Crippen LogP contribution in [0.15, 0.2) is 87.3 Å². The van der Waals surface area contributed by atoms with Crippen LogP contribution in [0, 0.1) is 0 Å². The highest BCUT2D eigenvalue weighted by atomic mass is 35.5. The first-order chi connectivity index (χ1) is 16.2. The van der Waals surface area contributed by atoms with Crippen molar-refractivity contribution in [3.05, 3.63) is 98.7 Å². The van der Waals surface area contributed by atoms with E-state index < -0.39 is 21.3 Å². The molecule has 0 saturated carbocycles. The first-order valence-corrected chi connectivity index (χ1v) is 12.0. The first kappa shape index (κ1) is 23.3. The number of amides is 1. The van der Waals surface area contributed by atoms with Gasteiger partial charge in [0, 0.05) is 24.3 Å². The zero-order valence-electron chi connectivity index (χ0n) is 17.6. The molecule has 0 spiro atoms. The van der Waals surface area contributed by atoms with Crippen LogP contribution in [0.1, 0.15) is 6.42 Å². The number of nitrogens with zero attached hydrogens (tertiary/aromatic N) is 1. The van der Waals surface area contributed by atoms with E-state index in [4.69, 9.17) is 11.6 Å². The topological polar surface area (TPSA) is 130 Å². The number of rotatable bonds is 7. The summed E-state index contributed by atoms with van der Waals surface area (Å²) in [5.41, 5.74) is 0.117. The zero-order chi connectivity index (χ0) is 24.3. The van der Waals surface area contributed by atoms with Gasteiger partial charge in [0.15, 0.2) is 0 Å². The number of anilines is 2. The van der Waals surface area contributed by atoms with Gasteiger partial charge in [-0.2, -0.15) is 0 Å². The normalized spacial score (nSPS) is 11.3. The molecule has 0 aliphatic rings. The Balaban J connectivity index is 1.41. The van der Waals surface area contributed by atoms with E-state index in [1.165, 1.54) is 28.8 Å². The number of carbonyl (C=O) groups excluding carboxylic acids is 1. The number of H-pyrrole nitrogens is 1. The number of hydrogen-bond donors (Lipinski definition) is 3. The number of aryl methyl sites for hydroxylation is 1. The molecule has 4 aromatic rings. The molecule has 1 heterocycles. The van der Waals surface area contributed by atoms with E-state index in [1.807, 2.05) is 0 Å². The standard InChI is InChI=1S/C23H19ClN4O5S/c24-18-6-2-4-8-20(18)34(32,33)27-16-11-9-15(10-12-16)25-21(29)13-14-28-19-7-3-1-5-17(19)22(30)26-23(28)31/h1-12,27H,13-14H2,(H,25,29)(H,26,30,31). The van der Waals surface area contributed by atoms with Gasteiger partial charge in [0.2, 0.25) is 5.91 Å². The highest BCUT2D eigenvalue weighted by Gasteiger charge is 2.17. The lowest BCUT2D eigenvalue weighted by molar-refractivity contribution is -0.116. The van der Waals surface area contributed by atoms with Crippen molar-refractivity contribution in [3.8, 4) is 0 Å². The molecule has 11 heteroatoms. The third kappa shape index (κ3) is 5.03. The molecule has 4 rings (SSSR count). The Morgan fingerprint density at radius 1 is 0.912 bits per heavy atom. The third-order valence-electron chi connectivity index (χ3n) is 5.01. The van der Waals surface area contributed by atoms with Gasteiger partial charge in [-0.1, -0.05) is 35.9 Å². The molecule has 0 saturated heterocycles. The lowest BCUT2D eigenvalue weighted by atomic mass is 10.2. The average molecular weight is 499 g/mol. The molecular formula is C23H19ClN4O5S. The van der Waals surface area contributed by atoms with Gasteiger partial charge >= 0.3 is 5.69 Å². The number of para-hydroxylation sites is 1. The molecule has 0 radical (unpaired) electrons. The summed E-state index contributed by atoms with van der Waals surface area (Å²) in [6.45, 7) is 0.0671. The monoisotopic (exact) mass is 498 g/mol. The van der Waals surface area contributed by atoms with Crippen LogP contribution in [-0.2, 0) is 21.4 Å². The summed E-state index contributed by atoms with van der Waals surface area (Å²) in [6, 6.07) is 18.8. The van der Waals surface area contributed by atoms with E-state index >= 15 is 0 Å². The third-order valence-corrected chi connectivity index (χ3v) is 6.90. The van der Waals surface area contributed by atoms with Crippen LogP contribution in [0.3, 0.4) is 0 Å². The fourth-order valence-corrected chi connectivity index (χ4v) is 4.97. The van der Waals surface area contributed by atoms with Crippen LogP contribution in [0.5, 0.6) is 0 Å². The maximum atomic E-state index is 12.5. The van der Waals surface area contributed by atoms with Crippen LogP contribution in [0.25, 0.3) is 10.9 Å². The zero-order valence-corrected chi connectivity index (χ0v) is 19.2. The number of carbonyl (C=O) groups is 1. The van der Waals surface area contributed by atoms with Crippen molar-refractivity contribution < 1.29 is 13.2 Å². The van der Waals surface area contributed by atoms with Crippen LogP contribution < -0.4 is 21.3 Å². The molecule has 0 atom stereocenters. The number of benzene rings is 3. The maximum Gasteiger partial charge on any atom is 0.328 e. The van der Waals surface area contributed by atoms with E-state index in [0.29, 0.717) is 22.3 Å². The van der Waals surface area contributed by atoms with Crippen molar-refractivity contribution in [3.63, 3.8) is 0 Å². The molecule has 34 heavy (non-hydrogen) atoms. The second-order valence-electron chi connectivity index (χ2n) is 7.34. The fraction of sp³-hybridized carbons (Fsp3) is 0.0870. The summed E-state index contributed by atoms with van der Waals surface area (Å²) in [4.78, 5) is 38.8. The summed E-state index contributed by atoms with van der Waals surface area (Å²) < 4.78 is 28.8. The molecule has 1 amide bonds. The van der Waals surface area contributed by atoms with Gasteiger partial charge in [-0.15, -0.1) is 0 Å². The SMILES string of the molecule is O=C(CCn1c(=O)[nH]c(=O)c2ccccc21)Nc1ccc(NS(=O)(=O)c2ccccc2Cl)cc1. The molecule has 0 fully saturated rings. The van der Waals surface area contributed by atoms with Gasteiger partial charge in [-0.25, -0.2) is 13.2 Å². The molecule has 0 aliphatic heterocycles. The number of sulfonamides is 1. The average Bonchev–Trinajstić information content (AvgIpc) is 2.80. The van der Waals surface area contributed by atoms with E-state index in [-0.39, 0.29) is 28.8 Å². The van der Waals surface area contributed by atoms with Gasteiger partial charge in [-0.3, -0.25) is 23.9 Å². The van der Waals surface area contributed by atoms with Crippen LogP contribution in [-0.4, -0.2) is 23.9 Å². The number of aromatic amines is 1. The minimum Gasteiger partial charge on any atom is -0.326 e. The Morgan fingerprint density at radius 2 is 1.56 bits per heavy atom. The van der Waals surface area contributed by atoms with Crippen LogP contribution in [0.4, 0.5) is 11.4 Å². The molecule has 174 valence electrons. The number of aromatic nitrogens is 2. The van der Waals surface area contributed by atoms with E-state index in [2.05, 4.69) is 15.0 Å². The first-order valence-electron chi connectivity index (χ1n) is 10.1. The fourth-order valence-electron chi connectivity index (χ4n) is 3.40. The number of nitrogens with one attached hydrogen (secondary N) is 3. The van der Waals surface area contributed by atoms with Crippen molar-refractivity contribution >= 4 is 49.8 Å². The molecule has 0 aliphatic carbocycles. The number of fused-ring (bicyclic) bond motifs is 1. The molecule has 0 unspecified atom stereocenters. The van der Waals surface area contributed by atoms with Crippen molar-refractivity contribution in [2.75, 3.05) is 10.0 Å². The van der Waals surface area contributed by atoms with Crippen LogP contribution in [0.2, 0.25) is 5.02 Å².